The summed E-state index contributed by atoms with van der Waals surface area (Å²) in [6.07, 6.45) is 0.704. The highest BCUT2D eigenvalue weighted by molar-refractivity contribution is 6.35. The van der Waals surface area contributed by atoms with E-state index in [4.69, 9.17) is 22.2 Å². The van der Waals surface area contributed by atoms with Crippen molar-refractivity contribution in [3.63, 3.8) is 0 Å². The van der Waals surface area contributed by atoms with Gasteiger partial charge >= 0.3 is 0 Å². The highest BCUT2D eigenvalue weighted by atomic mass is 35.5. The molecule has 0 radical (unpaired) electrons. The van der Waals surface area contributed by atoms with Crippen LogP contribution < -0.4 is 16.5 Å². The number of halogens is 1. The van der Waals surface area contributed by atoms with Gasteiger partial charge in [-0.1, -0.05) is 72.3 Å². The van der Waals surface area contributed by atoms with Crippen molar-refractivity contribution in [3.05, 3.63) is 94.0 Å². The molecule has 3 aromatic carbocycles. The Labute approximate surface area is 304 Å². The lowest BCUT2D eigenvalue weighted by molar-refractivity contribution is -0.181. The first-order valence-electron chi connectivity index (χ1n) is 16.9. The second-order valence-corrected chi connectivity index (χ2v) is 14.3. The van der Waals surface area contributed by atoms with E-state index in [0.29, 0.717) is 12.0 Å². The fraction of sp³-hybridized carbons (Fsp3) is 0.368. The minimum Gasteiger partial charge on any atom is -0.505 e. The Kier molecular flexibility index (Phi) is 10.4. The third-order valence-electron chi connectivity index (χ3n) is 10.4. The molecule has 3 aliphatic carbocycles. The number of fused-ring (bicyclic) bond motifs is 3. The molecule has 14 heteroatoms. The van der Waals surface area contributed by atoms with Crippen molar-refractivity contribution in [1.29, 1.82) is 0 Å². The van der Waals surface area contributed by atoms with E-state index in [2.05, 4.69) is 10.8 Å². The number of nitrogens with one attached hydrogen (secondary N) is 2. The van der Waals surface area contributed by atoms with Crippen molar-refractivity contribution >= 4 is 52.2 Å². The molecule has 0 aromatic heterocycles. The van der Waals surface area contributed by atoms with E-state index >= 15 is 0 Å². The summed E-state index contributed by atoms with van der Waals surface area (Å²) in [7, 11) is 3.03. The van der Waals surface area contributed by atoms with Gasteiger partial charge in [0.1, 0.15) is 11.7 Å². The number of amides is 2. The number of aryl methyl sites for hydroxylation is 1. The molecule has 272 valence electrons. The maximum absolute atomic E-state index is 14.2. The van der Waals surface area contributed by atoms with Gasteiger partial charge in [0.2, 0.25) is 11.8 Å². The topological polar surface area (TPSA) is 205 Å². The SMILES string of the molecule is CN(C)[C@@H]1C(=O)C(C(N)=O)C(=O)[C@@]2(O)C(=O)C3C(=O)c4c(cc(Cl)c(NC(=O)C(CCc5ccccc5)NOCc5ccccc5)c4O)CC3CC12. The molecule has 0 spiro atoms. The molecule has 0 bridgehead atoms. The first kappa shape index (κ1) is 37.0. The molecule has 52 heavy (non-hydrogen) atoms. The van der Waals surface area contributed by atoms with Crippen molar-refractivity contribution in [1.82, 2.24) is 10.4 Å². The Hall–Kier alpha value is -4.79. The van der Waals surface area contributed by atoms with Crippen LogP contribution in [0.4, 0.5) is 5.69 Å². The van der Waals surface area contributed by atoms with Gasteiger partial charge in [-0.25, -0.2) is 0 Å². The zero-order valence-electron chi connectivity index (χ0n) is 28.5. The number of nitrogens with zero attached hydrogens (tertiary/aromatic N) is 1. The molecule has 13 nitrogen and oxygen atoms in total. The number of anilines is 1. The third-order valence-corrected chi connectivity index (χ3v) is 10.7. The van der Waals surface area contributed by atoms with E-state index < -0.39 is 82.1 Å². The number of aliphatic hydroxyl groups is 1. The van der Waals surface area contributed by atoms with Crippen LogP contribution in [0.5, 0.6) is 5.75 Å². The van der Waals surface area contributed by atoms with Crippen LogP contribution in [0.3, 0.4) is 0 Å². The quantitative estimate of drug-likeness (QED) is 0.110. The number of phenolic OH excluding ortho intramolecular Hbond substituents is 1. The van der Waals surface area contributed by atoms with Crippen LogP contribution in [0, 0.1) is 23.7 Å². The molecule has 7 atom stereocenters. The normalized spacial score (nSPS) is 26.0. The van der Waals surface area contributed by atoms with Gasteiger partial charge in [-0.3, -0.25) is 38.5 Å². The van der Waals surface area contributed by atoms with Gasteiger partial charge in [-0.15, -0.1) is 0 Å². The minimum atomic E-state index is -2.85. The lowest BCUT2D eigenvalue weighted by Crippen LogP contribution is -2.74. The molecule has 0 aliphatic heterocycles. The predicted octanol–water partition coefficient (Wildman–Crippen LogP) is 2.18. The Bertz CT molecular complexity index is 1940. The van der Waals surface area contributed by atoms with Crippen LogP contribution in [0.15, 0.2) is 66.7 Å². The number of carbonyl (C=O) groups excluding carboxylic acids is 6. The average Bonchev–Trinajstić information content (AvgIpc) is 3.10. The summed E-state index contributed by atoms with van der Waals surface area (Å²) < 4.78 is 0. The fourth-order valence-corrected chi connectivity index (χ4v) is 8.22. The number of carbonyl (C=O) groups is 6. The number of aromatic hydroxyl groups is 1. The van der Waals surface area contributed by atoms with Gasteiger partial charge in [-0.2, -0.15) is 5.48 Å². The van der Waals surface area contributed by atoms with E-state index in [1.165, 1.54) is 25.1 Å². The maximum Gasteiger partial charge on any atom is 0.243 e. The smallest absolute Gasteiger partial charge is 0.243 e. The van der Waals surface area contributed by atoms with Crippen molar-refractivity contribution in [2.75, 3.05) is 19.4 Å². The largest absolute Gasteiger partial charge is 0.505 e. The number of likely N-dealkylation sites (N-methyl/N-ethyl adjacent to an activating group) is 1. The summed E-state index contributed by atoms with van der Waals surface area (Å²) in [6, 6.07) is 18.1. The van der Waals surface area contributed by atoms with Gasteiger partial charge in [0.05, 0.1) is 29.2 Å². The van der Waals surface area contributed by atoms with Crippen molar-refractivity contribution in [2.24, 2.45) is 29.4 Å². The second kappa shape index (κ2) is 14.7. The van der Waals surface area contributed by atoms with Gasteiger partial charge in [-0.05, 0) is 68.5 Å². The Morgan fingerprint density at radius 2 is 1.65 bits per heavy atom. The number of rotatable bonds is 11. The van der Waals surface area contributed by atoms with E-state index in [-0.39, 0.29) is 42.1 Å². The number of primary amides is 1. The number of hydrogen-bond acceptors (Lipinski definition) is 11. The van der Waals surface area contributed by atoms with Crippen molar-refractivity contribution in [2.45, 2.75) is 50.0 Å². The summed E-state index contributed by atoms with van der Waals surface area (Å²) in [5.74, 6) is -12.5. The molecule has 3 aromatic rings. The molecule has 5 unspecified atom stereocenters. The van der Waals surface area contributed by atoms with Gasteiger partial charge in [0.25, 0.3) is 0 Å². The highest BCUT2D eigenvalue weighted by Gasteiger charge is 2.69. The van der Waals surface area contributed by atoms with Gasteiger partial charge < -0.3 is 21.3 Å². The van der Waals surface area contributed by atoms with E-state index in [0.717, 1.165) is 11.1 Å². The highest BCUT2D eigenvalue weighted by Crippen LogP contribution is 2.52. The standard InChI is InChI=1S/C38H39ClN4O9/c1-43(2)30-23-16-21-15-22-17-24(39)29(32(45)26(22)31(44)27(21)34(47)38(23,51)35(48)28(33(30)46)36(40)49)41-37(50)25(14-13-19-9-5-3-6-10-19)42-52-18-20-11-7-4-8-12-20/h3-12,17,21,23,25,27-28,30,42,45,51H,13-16,18H2,1-2H3,(H2,40,49)(H,41,50)/t21?,23?,25?,27?,28?,30-,38-/m0/s1. The number of hydrogen-bond donors (Lipinski definition) is 5. The van der Waals surface area contributed by atoms with Crippen molar-refractivity contribution in [3.8, 4) is 5.75 Å². The average molecular weight is 731 g/mol. The van der Waals surface area contributed by atoms with Crippen LogP contribution in [0.2, 0.25) is 5.02 Å². The number of nitrogens with two attached hydrogens (primary N) is 1. The molecule has 6 N–H and O–H groups in total. The molecule has 0 heterocycles. The molecule has 3 aliphatic rings. The van der Waals surface area contributed by atoms with Crippen LogP contribution in [-0.4, -0.2) is 81.8 Å². The van der Waals surface area contributed by atoms with Crippen LogP contribution in [0.1, 0.15) is 39.9 Å². The Morgan fingerprint density at radius 3 is 2.27 bits per heavy atom. The summed E-state index contributed by atoms with van der Waals surface area (Å²) in [5.41, 5.74) is 6.91. The first-order valence-corrected chi connectivity index (χ1v) is 17.3. The number of ketones is 4. The molecule has 2 saturated carbocycles. The Balaban J connectivity index is 1.28. The number of hydroxylamine groups is 1. The fourth-order valence-electron chi connectivity index (χ4n) is 7.95. The third kappa shape index (κ3) is 6.54. The van der Waals surface area contributed by atoms with Crippen LogP contribution in [0.25, 0.3) is 0 Å². The summed E-state index contributed by atoms with van der Waals surface area (Å²) in [4.78, 5) is 88.2. The molecular formula is C38H39ClN4O9. The second-order valence-electron chi connectivity index (χ2n) is 13.9. The molecule has 0 saturated heterocycles. The monoisotopic (exact) mass is 730 g/mol. The van der Waals surface area contributed by atoms with Crippen LogP contribution >= 0.6 is 11.6 Å². The summed E-state index contributed by atoms with van der Waals surface area (Å²) >= 11 is 6.62. The van der Waals surface area contributed by atoms with E-state index in [1.807, 2.05) is 60.7 Å². The number of benzene rings is 3. The summed E-state index contributed by atoms with van der Waals surface area (Å²) in [6.45, 7) is 0.158. The van der Waals surface area contributed by atoms with Crippen LogP contribution in [-0.2, 0) is 48.3 Å². The molecular weight excluding hydrogens is 692 g/mol. The lowest BCUT2D eigenvalue weighted by atomic mass is 9.52. The van der Waals surface area contributed by atoms with Gasteiger partial charge in [0, 0.05) is 5.92 Å². The molecule has 6 rings (SSSR count). The van der Waals surface area contributed by atoms with E-state index in [9.17, 15) is 39.0 Å². The Morgan fingerprint density at radius 1 is 1.02 bits per heavy atom. The van der Waals surface area contributed by atoms with Crippen molar-refractivity contribution < 1.29 is 43.8 Å². The number of Topliss-reactive ketones (excluding diaryl/α,β-unsaturated/α-hetero) is 4. The summed E-state index contributed by atoms with van der Waals surface area (Å²) in [5, 5.41) is 25.9. The van der Waals surface area contributed by atoms with Gasteiger partial charge in [0.15, 0.2) is 40.4 Å². The maximum atomic E-state index is 14.2. The van der Waals surface area contributed by atoms with E-state index in [1.54, 1.807) is 0 Å². The molecule has 2 amide bonds. The molecule has 2 fully saturated rings. The minimum absolute atomic E-state index is 0.0297. The number of phenols is 1. The lowest BCUT2D eigenvalue weighted by Gasteiger charge is -2.52. The zero-order chi connectivity index (χ0) is 37.5. The zero-order valence-corrected chi connectivity index (χ0v) is 29.3. The predicted molar refractivity (Wildman–Crippen MR) is 188 cm³/mol. The first-order chi connectivity index (χ1) is 24.7.